The van der Waals surface area contributed by atoms with Gasteiger partial charge in [-0.2, -0.15) is 0 Å². The summed E-state index contributed by atoms with van der Waals surface area (Å²) in [5.74, 6) is 0.742. The lowest BCUT2D eigenvalue weighted by molar-refractivity contribution is 0.453. The predicted octanol–water partition coefficient (Wildman–Crippen LogP) is 1.93. The second-order valence-corrected chi connectivity index (χ2v) is 3.59. The van der Waals surface area contributed by atoms with Gasteiger partial charge in [0.05, 0.1) is 0 Å². The Balaban J connectivity index is 2.19. The van der Waals surface area contributed by atoms with Crippen molar-refractivity contribution < 1.29 is 0 Å². The summed E-state index contributed by atoms with van der Waals surface area (Å²) in [6.07, 6.45) is 1.25. The van der Waals surface area contributed by atoms with Crippen molar-refractivity contribution in [3.05, 3.63) is 35.4 Å². The standard InChI is InChI=1S/C11H15N/c1-8(12-2)11-7-9-5-3-4-6-10(9)11/h3-6,8,11-12H,7H2,1-2H3/t8-,11+/m1/s1. The lowest BCUT2D eigenvalue weighted by Crippen LogP contribution is -2.35. The van der Waals surface area contributed by atoms with Gasteiger partial charge in [0.1, 0.15) is 0 Å². The smallest absolute Gasteiger partial charge is 0.0108 e. The van der Waals surface area contributed by atoms with Gasteiger partial charge in [0.2, 0.25) is 0 Å². The average molecular weight is 161 g/mol. The highest BCUT2D eigenvalue weighted by atomic mass is 14.9. The van der Waals surface area contributed by atoms with Gasteiger partial charge in [-0.1, -0.05) is 24.3 Å². The monoisotopic (exact) mass is 161 g/mol. The zero-order valence-corrected chi connectivity index (χ0v) is 7.67. The molecule has 0 amide bonds. The van der Waals surface area contributed by atoms with Crippen molar-refractivity contribution in [2.45, 2.75) is 25.3 Å². The number of hydrogen-bond donors (Lipinski definition) is 1. The Kier molecular flexibility index (Phi) is 1.89. The van der Waals surface area contributed by atoms with Gasteiger partial charge >= 0.3 is 0 Å². The molecule has 0 bridgehead atoms. The summed E-state index contributed by atoms with van der Waals surface area (Å²) >= 11 is 0. The minimum atomic E-state index is 0.611. The van der Waals surface area contributed by atoms with Gasteiger partial charge in [-0.3, -0.25) is 0 Å². The molecule has 0 saturated heterocycles. The Morgan fingerprint density at radius 3 is 2.83 bits per heavy atom. The summed E-state index contributed by atoms with van der Waals surface area (Å²) in [5, 5.41) is 3.31. The molecule has 2 atom stereocenters. The van der Waals surface area contributed by atoms with Crippen LogP contribution in [0.2, 0.25) is 0 Å². The van der Waals surface area contributed by atoms with Crippen molar-refractivity contribution in [2.75, 3.05) is 7.05 Å². The Morgan fingerprint density at radius 1 is 1.42 bits per heavy atom. The van der Waals surface area contributed by atoms with Crippen LogP contribution in [0.4, 0.5) is 0 Å². The summed E-state index contributed by atoms with van der Waals surface area (Å²) < 4.78 is 0. The third-order valence-electron chi connectivity index (χ3n) is 2.95. The third-order valence-corrected chi connectivity index (χ3v) is 2.95. The number of fused-ring (bicyclic) bond motifs is 1. The largest absolute Gasteiger partial charge is 0.317 e. The van der Waals surface area contributed by atoms with Crippen molar-refractivity contribution in [1.29, 1.82) is 0 Å². The highest BCUT2D eigenvalue weighted by Crippen LogP contribution is 2.36. The summed E-state index contributed by atoms with van der Waals surface area (Å²) in [7, 11) is 2.03. The number of likely N-dealkylation sites (N-methyl/N-ethyl adjacent to an activating group) is 1. The quantitative estimate of drug-likeness (QED) is 0.699. The molecule has 1 aromatic carbocycles. The lowest BCUT2D eigenvalue weighted by atomic mass is 9.74. The van der Waals surface area contributed by atoms with Crippen molar-refractivity contribution in [2.24, 2.45) is 0 Å². The van der Waals surface area contributed by atoms with Gasteiger partial charge in [-0.05, 0) is 31.5 Å². The van der Waals surface area contributed by atoms with E-state index in [-0.39, 0.29) is 0 Å². The molecule has 12 heavy (non-hydrogen) atoms. The van der Waals surface area contributed by atoms with E-state index in [1.54, 1.807) is 5.56 Å². The average Bonchev–Trinajstić information content (AvgIpc) is 2.07. The Morgan fingerprint density at radius 2 is 2.17 bits per heavy atom. The minimum absolute atomic E-state index is 0.611. The highest BCUT2D eigenvalue weighted by Gasteiger charge is 2.28. The van der Waals surface area contributed by atoms with Gasteiger partial charge in [0, 0.05) is 12.0 Å². The molecule has 0 aliphatic heterocycles. The first-order valence-electron chi connectivity index (χ1n) is 4.58. The van der Waals surface area contributed by atoms with Crippen molar-refractivity contribution >= 4 is 0 Å². The van der Waals surface area contributed by atoms with E-state index in [0.717, 1.165) is 5.92 Å². The van der Waals surface area contributed by atoms with E-state index < -0.39 is 0 Å². The molecule has 1 N–H and O–H groups in total. The van der Waals surface area contributed by atoms with Crippen LogP contribution in [0.5, 0.6) is 0 Å². The molecule has 0 unspecified atom stereocenters. The van der Waals surface area contributed by atoms with Crippen LogP contribution in [0.15, 0.2) is 24.3 Å². The fourth-order valence-electron chi connectivity index (χ4n) is 1.94. The second-order valence-electron chi connectivity index (χ2n) is 3.59. The van der Waals surface area contributed by atoms with E-state index in [0.29, 0.717) is 6.04 Å². The zero-order valence-electron chi connectivity index (χ0n) is 7.67. The van der Waals surface area contributed by atoms with Crippen LogP contribution >= 0.6 is 0 Å². The molecule has 2 rings (SSSR count). The van der Waals surface area contributed by atoms with Crippen LogP contribution in [0.1, 0.15) is 24.0 Å². The van der Waals surface area contributed by atoms with Crippen LogP contribution < -0.4 is 5.32 Å². The van der Waals surface area contributed by atoms with E-state index in [1.165, 1.54) is 12.0 Å². The van der Waals surface area contributed by atoms with E-state index in [9.17, 15) is 0 Å². The van der Waals surface area contributed by atoms with E-state index in [2.05, 4.69) is 36.5 Å². The number of hydrogen-bond acceptors (Lipinski definition) is 1. The van der Waals surface area contributed by atoms with Crippen molar-refractivity contribution in [3.63, 3.8) is 0 Å². The molecule has 1 aliphatic carbocycles. The second kappa shape index (κ2) is 2.91. The molecule has 0 saturated carbocycles. The third kappa shape index (κ3) is 1.05. The summed E-state index contributed by atoms with van der Waals surface area (Å²) in [4.78, 5) is 0. The molecular formula is C11H15N. The molecular weight excluding hydrogens is 146 g/mol. The molecule has 1 heteroatoms. The zero-order chi connectivity index (χ0) is 8.55. The van der Waals surface area contributed by atoms with Crippen LogP contribution in [0, 0.1) is 0 Å². The Labute approximate surface area is 73.8 Å². The van der Waals surface area contributed by atoms with Crippen LogP contribution in [0.25, 0.3) is 0 Å². The van der Waals surface area contributed by atoms with Gasteiger partial charge in [0.15, 0.2) is 0 Å². The molecule has 0 aromatic heterocycles. The molecule has 0 heterocycles. The first kappa shape index (κ1) is 7.81. The fraction of sp³-hybridized carbons (Fsp3) is 0.455. The maximum atomic E-state index is 3.31. The molecule has 1 aromatic rings. The van der Waals surface area contributed by atoms with E-state index in [1.807, 2.05) is 7.05 Å². The normalized spacial score (nSPS) is 22.7. The Bertz CT molecular complexity index is 280. The van der Waals surface area contributed by atoms with Crippen LogP contribution in [0.3, 0.4) is 0 Å². The molecule has 64 valence electrons. The van der Waals surface area contributed by atoms with E-state index in [4.69, 9.17) is 0 Å². The summed E-state index contributed by atoms with van der Waals surface area (Å²) in [6.45, 7) is 2.25. The van der Waals surface area contributed by atoms with Crippen molar-refractivity contribution in [1.82, 2.24) is 5.32 Å². The fourth-order valence-corrected chi connectivity index (χ4v) is 1.94. The number of rotatable bonds is 2. The van der Waals surface area contributed by atoms with Crippen LogP contribution in [-0.4, -0.2) is 13.1 Å². The topological polar surface area (TPSA) is 12.0 Å². The van der Waals surface area contributed by atoms with Crippen molar-refractivity contribution in [3.8, 4) is 0 Å². The molecule has 1 nitrogen and oxygen atoms in total. The Hall–Kier alpha value is -0.820. The highest BCUT2D eigenvalue weighted by molar-refractivity contribution is 5.40. The molecule has 1 aliphatic rings. The van der Waals surface area contributed by atoms with Crippen LogP contribution in [-0.2, 0) is 6.42 Å². The predicted molar refractivity (Wildman–Crippen MR) is 51.4 cm³/mol. The molecule has 0 fully saturated rings. The molecule has 0 radical (unpaired) electrons. The maximum Gasteiger partial charge on any atom is 0.0108 e. The minimum Gasteiger partial charge on any atom is -0.317 e. The van der Waals surface area contributed by atoms with Gasteiger partial charge < -0.3 is 5.32 Å². The maximum absolute atomic E-state index is 3.31. The first-order valence-corrected chi connectivity index (χ1v) is 4.58. The SMILES string of the molecule is CN[C@H](C)[C@@H]1Cc2ccccc21. The lowest BCUT2D eigenvalue weighted by Gasteiger charge is -2.34. The van der Waals surface area contributed by atoms with Gasteiger partial charge in [-0.15, -0.1) is 0 Å². The van der Waals surface area contributed by atoms with Gasteiger partial charge in [-0.25, -0.2) is 0 Å². The first-order chi connectivity index (χ1) is 5.83. The number of nitrogens with one attached hydrogen (secondary N) is 1. The molecule has 0 spiro atoms. The summed E-state index contributed by atoms with van der Waals surface area (Å²) in [5.41, 5.74) is 3.07. The van der Waals surface area contributed by atoms with Gasteiger partial charge in [0.25, 0.3) is 0 Å². The summed E-state index contributed by atoms with van der Waals surface area (Å²) in [6, 6.07) is 9.35. The number of benzene rings is 1. The van der Waals surface area contributed by atoms with E-state index >= 15 is 0 Å².